The zero-order valence-corrected chi connectivity index (χ0v) is 17.9. The van der Waals surface area contributed by atoms with Crippen LogP contribution in [0.2, 0.25) is 0 Å². The molecule has 2 aromatic rings. The van der Waals surface area contributed by atoms with Crippen LogP contribution in [0.5, 0.6) is 0 Å². The first kappa shape index (κ1) is 18.1. The van der Waals surface area contributed by atoms with Crippen molar-refractivity contribution in [3.63, 3.8) is 0 Å². The van der Waals surface area contributed by atoms with E-state index in [2.05, 4.69) is 52.9 Å². The summed E-state index contributed by atoms with van der Waals surface area (Å²) < 4.78 is 18.1. The van der Waals surface area contributed by atoms with Crippen molar-refractivity contribution in [2.45, 2.75) is 32.4 Å². The molecule has 1 fully saturated rings. The van der Waals surface area contributed by atoms with E-state index >= 15 is 0 Å². The Morgan fingerprint density at radius 1 is 1.33 bits per heavy atom. The Morgan fingerprint density at radius 3 is 2.38 bits per heavy atom. The van der Waals surface area contributed by atoms with Crippen molar-refractivity contribution in [2.75, 3.05) is 0 Å². The lowest BCUT2D eigenvalue weighted by molar-refractivity contribution is 0.0723. The van der Waals surface area contributed by atoms with Gasteiger partial charge in [0.1, 0.15) is 5.56 Å². The van der Waals surface area contributed by atoms with Gasteiger partial charge in [-0.3, -0.25) is 4.79 Å². The first-order chi connectivity index (χ1) is 11.3. The monoisotopic (exact) mass is 521 g/mol. The van der Waals surface area contributed by atoms with Crippen molar-refractivity contribution in [1.82, 2.24) is 14.7 Å². The standard InChI is InChI=1S/C16H15Br3FN3O/c1-8-14(15(20)22(2)21-8)16(24)23(10-3-4-10)7-11-12(18)5-9(17)6-13(11)19/h5-6,10H,3-4,7H2,1-2H3. The van der Waals surface area contributed by atoms with Gasteiger partial charge in [-0.25, -0.2) is 4.68 Å². The maximum atomic E-state index is 14.3. The Kier molecular flexibility index (Phi) is 5.18. The number of amides is 1. The number of carbonyl (C=O) groups is 1. The van der Waals surface area contributed by atoms with Crippen LogP contribution in [-0.4, -0.2) is 26.6 Å². The summed E-state index contributed by atoms with van der Waals surface area (Å²) in [5.41, 5.74) is 1.44. The molecular formula is C16H15Br3FN3O. The van der Waals surface area contributed by atoms with Crippen LogP contribution in [-0.2, 0) is 13.6 Å². The van der Waals surface area contributed by atoms with Crippen molar-refractivity contribution < 1.29 is 9.18 Å². The van der Waals surface area contributed by atoms with Gasteiger partial charge >= 0.3 is 0 Å². The molecule has 0 unspecified atom stereocenters. The van der Waals surface area contributed by atoms with Crippen LogP contribution < -0.4 is 0 Å². The Bertz CT molecular complexity index is 794. The molecule has 1 amide bonds. The van der Waals surface area contributed by atoms with E-state index in [1.807, 2.05) is 12.1 Å². The van der Waals surface area contributed by atoms with Crippen LogP contribution in [0.3, 0.4) is 0 Å². The second kappa shape index (κ2) is 6.88. The smallest absolute Gasteiger partial charge is 0.260 e. The van der Waals surface area contributed by atoms with Crippen LogP contribution in [0.1, 0.15) is 34.5 Å². The average Bonchev–Trinajstić information content (AvgIpc) is 3.26. The molecule has 1 saturated carbocycles. The number of halogens is 4. The van der Waals surface area contributed by atoms with E-state index < -0.39 is 5.95 Å². The van der Waals surface area contributed by atoms with Crippen molar-refractivity contribution in [3.8, 4) is 0 Å². The van der Waals surface area contributed by atoms with Gasteiger partial charge in [0.25, 0.3) is 5.91 Å². The quantitative estimate of drug-likeness (QED) is 0.568. The number of nitrogens with zero attached hydrogens (tertiary/aromatic N) is 3. The second-order valence-corrected chi connectivity index (χ2v) is 8.51. The maximum absolute atomic E-state index is 14.3. The first-order valence-corrected chi connectivity index (χ1v) is 9.81. The molecule has 24 heavy (non-hydrogen) atoms. The predicted octanol–water partition coefficient (Wildman–Crippen LogP) is 4.96. The highest BCUT2D eigenvalue weighted by Crippen LogP contribution is 2.35. The minimum atomic E-state index is -0.586. The average molecular weight is 524 g/mol. The van der Waals surface area contributed by atoms with Gasteiger partial charge in [0, 0.05) is 33.1 Å². The van der Waals surface area contributed by atoms with Crippen LogP contribution >= 0.6 is 47.8 Å². The predicted molar refractivity (Wildman–Crippen MR) is 100 cm³/mol. The summed E-state index contributed by atoms with van der Waals surface area (Å²) in [4.78, 5) is 14.7. The SMILES string of the molecule is Cc1nn(C)c(F)c1C(=O)N(Cc1c(Br)cc(Br)cc1Br)C1CC1. The molecule has 0 atom stereocenters. The molecule has 1 aromatic heterocycles. The Hall–Kier alpha value is -0.730. The van der Waals surface area contributed by atoms with E-state index in [9.17, 15) is 9.18 Å². The summed E-state index contributed by atoms with van der Waals surface area (Å²) in [5, 5.41) is 4.02. The molecule has 1 aromatic carbocycles. The Morgan fingerprint density at radius 2 is 1.92 bits per heavy atom. The third kappa shape index (κ3) is 3.46. The van der Waals surface area contributed by atoms with Crippen LogP contribution in [0.25, 0.3) is 0 Å². The van der Waals surface area contributed by atoms with Crippen molar-refractivity contribution >= 4 is 53.7 Å². The number of hydrogen-bond donors (Lipinski definition) is 0. The van der Waals surface area contributed by atoms with Gasteiger partial charge in [-0.15, -0.1) is 0 Å². The molecule has 0 N–H and O–H groups in total. The highest BCUT2D eigenvalue weighted by molar-refractivity contribution is 9.11. The molecular weight excluding hydrogens is 509 g/mol. The Balaban J connectivity index is 1.96. The molecule has 1 heterocycles. The summed E-state index contributed by atoms with van der Waals surface area (Å²) in [5.74, 6) is -0.889. The summed E-state index contributed by atoms with van der Waals surface area (Å²) in [6, 6.07) is 4.02. The molecule has 0 bridgehead atoms. The van der Waals surface area contributed by atoms with Crippen molar-refractivity contribution in [1.29, 1.82) is 0 Å². The number of aromatic nitrogens is 2. The number of aryl methyl sites for hydroxylation is 2. The molecule has 1 aliphatic carbocycles. The number of rotatable bonds is 4. The van der Waals surface area contributed by atoms with E-state index in [0.717, 1.165) is 36.5 Å². The molecule has 4 nitrogen and oxygen atoms in total. The fourth-order valence-corrected chi connectivity index (χ4v) is 5.17. The third-order valence-electron chi connectivity index (χ3n) is 4.05. The fraction of sp³-hybridized carbons (Fsp3) is 0.375. The number of carbonyl (C=O) groups excluding carboxylic acids is 1. The van der Waals surface area contributed by atoms with E-state index in [1.54, 1.807) is 11.8 Å². The third-order valence-corrected chi connectivity index (χ3v) is 5.92. The van der Waals surface area contributed by atoms with Gasteiger partial charge in [0.05, 0.1) is 5.69 Å². The zero-order chi connectivity index (χ0) is 17.6. The molecule has 0 aliphatic heterocycles. The molecule has 0 radical (unpaired) electrons. The molecule has 1 aliphatic rings. The topological polar surface area (TPSA) is 38.1 Å². The second-order valence-electron chi connectivity index (χ2n) is 5.89. The van der Waals surface area contributed by atoms with E-state index in [0.29, 0.717) is 12.2 Å². The molecule has 128 valence electrons. The Labute approximate surface area is 164 Å². The summed E-state index contributed by atoms with van der Waals surface area (Å²) >= 11 is 10.5. The van der Waals surface area contributed by atoms with E-state index in [-0.39, 0.29) is 17.5 Å². The molecule has 0 saturated heterocycles. The minimum absolute atomic E-state index is 0.0637. The lowest BCUT2D eigenvalue weighted by atomic mass is 10.1. The van der Waals surface area contributed by atoms with Crippen LogP contribution in [0, 0.1) is 12.9 Å². The van der Waals surface area contributed by atoms with Crippen molar-refractivity contribution in [2.24, 2.45) is 7.05 Å². The molecule has 3 rings (SSSR count). The summed E-state index contributed by atoms with van der Waals surface area (Å²) in [6.07, 6.45) is 1.89. The normalized spacial score (nSPS) is 14.1. The molecule has 8 heteroatoms. The highest BCUT2D eigenvalue weighted by Gasteiger charge is 2.36. The maximum Gasteiger partial charge on any atom is 0.260 e. The van der Waals surface area contributed by atoms with E-state index in [1.165, 1.54) is 7.05 Å². The lowest BCUT2D eigenvalue weighted by Crippen LogP contribution is -2.33. The largest absolute Gasteiger partial charge is 0.331 e. The van der Waals surface area contributed by atoms with Gasteiger partial charge < -0.3 is 4.90 Å². The van der Waals surface area contributed by atoms with Crippen LogP contribution in [0.4, 0.5) is 4.39 Å². The fourth-order valence-electron chi connectivity index (χ4n) is 2.66. The van der Waals surface area contributed by atoms with Gasteiger partial charge in [0.2, 0.25) is 5.95 Å². The van der Waals surface area contributed by atoms with E-state index in [4.69, 9.17) is 0 Å². The van der Waals surface area contributed by atoms with Gasteiger partial charge in [-0.1, -0.05) is 47.8 Å². The zero-order valence-electron chi connectivity index (χ0n) is 13.1. The van der Waals surface area contributed by atoms with Gasteiger partial charge in [0.15, 0.2) is 0 Å². The van der Waals surface area contributed by atoms with Crippen LogP contribution in [0.15, 0.2) is 25.6 Å². The van der Waals surface area contributed by atoms with Gasteiger partial charge in [-0.2, -0.15) is 9.49 Å². The van der Waals surface area contributed by atoms with Crippen molar-refractivity contribution in [3.05, 3.63) is 48.3 Å². The summed E-state index contributed by atoms with van der Waals surface area (Å²) in [7, 11) is 1.50. The minimum Gasteiger partial charge on any atom is -0.331 e. The highest BCUT2D eigenvalue weighted by atomic mass is 79.9. The number of benzene rings is 1. The summed E-state index contributed by atoms with van der Waals surface area (Å²) in [6.45, 7) is 2.07. The number of hydrogen-bond acceptors (Lipinski definition) is 2. The van der Waals surface area contributed by atoms with Gasteiger partial charge in [-0.05, 0) is 37.5 Å². The first-order valence-electron chi connectivity index (χ1n) is 7.43. The lowest BCUT2D eigenvalue weighted by Gasteiger charge is -2.24. The molecule has 0 spiro atoms.